The molecule has 7 nitrogen and oxygen atoms in total. The number of carbonyl (C=O) groups is 2. The molecule has 7 heteroatoms. The summed E-state index contributed by atoms with van der Waals surface area (Å²) in [6.07, 6.45) is -0.725. The molecule has 0 heterocycles. The van der Waals surface area contributed by atoms with E-state index in [0.29, 0.717) is 12.8 Å². The number of nitro groups is 1. The van der Waals surface area contributed by atoms with Crippen LogP contribution in [-0.2, 0) is 9.53 Å². The van der Waals surface area contributed by atoms with E-state index in [9.17, 15) is 19.7 Å². The maximum absolute atomic E-state index is 11.9. The quantitative estimate of drug-likeness (QED) is 0.331. The molecule has 0 N–H and O–H groups in total. The van der Waals surface area contributed by atoms with Crippen molar-refractivity contribution in [2.45, 2.75) is 39.7 Å². The van der Waals surface area contributed by atoms with Gasteiger partial charge >= 0.3 is 6.16 Å². The number of nitro benzene ring substituents is 1. The van der Waals surface area contributed by atoms with E-state index in [1.54, 1.807) is 13.8 Å². The number of non-ortho nitro benzene ring substituents is 1. The summed E-state index contributed by atoms with van der Waals surface area (Å²) >= 11 is 0. The standard InChI is InChI=1S/C15H19NO6/c1-4-5-13(14(17)10(2)3)22-15(18)21-12-8-6-11(7-9-12)16(19)20/h6-10,13H,4-5H2,1-3H3. The Morgan fingerprint density at radius 1 is 1.23 bits per heavy atom. The third kappa shape index (κ3) is 5.16. The Balaban J connectivity index is 2.66. The van der Waals surface area contributed by atoms with Gasteiger partial charge in [0, 0.05) is 18.1 Å². The van der Waals surface area contributed by atoms with Gasteiger partial charge in [-0.3, -0.25) is 14.9 Å². The van der Waals surface area contributed by atoms with Gasteiger partial charge in [0.2, 0.25) is 0 Å². The fourth-order valence-electron chi connectivity index (χ4n) is 1.77. The van der Waals surface area contributed by atoms with Crippen LogP contribution in [0.15, 0.2) is 24.3 Å². The summed E-state index contributed by atoms with van der Waals surface area (Å²) in [5.74, 6) is -0.297. The number of ketones is 1. The van der Waals surface area contributed by atoms with Crippen molar-refractivity contribution in [2.75, 3.05) is 0 Å². The van der Waals surface area contributed by atoms with Gasteiger partial charge in [-0.05, 0) is 18.6 Å². The molecule has 120 valence electrons. The highest BCUT2D eigenvalue weighted by Gasteiger charge is 2.25. The molecule has 1 aromatic rings. The molecule has 1 rings (SSSR count). The lowest BCUT2D eigenvalue weighted by Gasteiger charge is -2.17. The second-order valence-electron chi connectivity index (χ2n) is 5.06. The molecule has 0 aliphatic rings. The highest BCUT2D eigenvalue weighted by molar-refractivity contribution is 5.86. The normalized spacial score (nSPS) is 11.8. The molecular formula is C15H19NO6. The van der Waals surface area contributed by atoms with Crippen LogP contribution in [0.3, 0.4) is 0 Å². The molecule has 1 aromatic carbocycles. The molecule has 1 unspecified atom stereocenters. The molecule has 1 atom stereocenters. The van der Waals surface area contributed by atoms with Crippen molar-refractivity contribution in [3.05, 3.63) is 34.4 Å². The van der Waals surface area contributed by atoms with Crippen molar-refractivity contribution < 1.29 is 24.0 Å². The highest BCUT2D eigenvalue weighted by atomic mass is 16.7. The molecule has 0 bridgehead atoms. The molecule has 0 fully saturated rings. The summed E-state index contributed by atoms with van der Waals surface area (Å²) in [6, 6.07) is 5.01. The van der Waals surface area contributed by atoms with E-state index in [0.717, 1.165) is 0 Å². The lowest BCUT2D eigenvalue weighted by Crippen LogP contribution is -2.31. The zero-order chi connectivity index (χ0) is 16.7. The molecular weight excluding hydrogens is 290 g/mol. The average Bonchev–Trinajstić information content (AvgIpc) is 2.46. The van der Waals surface area contributed by atoms with Gasteiger partial charge in [0.1, 0.15) is 5.75 Å². The summed E-state index contributed by atoms with van der Waals surface area (Å²) in [4.78, 5) is 33.6. The summed E-state index contributed by atoms with van der Waals surface area (Å²) in [5.41, 5.74) is -0.112. The third-order valence-corrected chi connectivity index (χ3v) is 2.92. The number of nitrogens with zero attached hydrogens (tertiary/aromatic N) is 1. The molecule has 0 saturated heterocycles. The number of hydrogen-bond donors (Lipinski definition) is 0. The zero-order valence-corrected chi connectivity index (χ0v) is 12.8. The van der Waals surface area contributed by atoms with Gasteiger partial charge < -0.3 is 9.47 Å². The minimum atomic E-state index is -0.999. The molecule has 22 heavy (non-hydrogen) atoms. The Morgan fingerprint density at radius 2 is 1.82 bits per heavy atom. The van der Waals surface area contributed by atoms with Crippen molar-refractivity contribution in [1.82, 2.24) is 0 Å². The molecule has 0 aliphatic carbocycles. The van der Waals surface area contributed by atoms with E-state index in [1.807, 2.05) is 6.92 Å². The SMILES string of the molecule is CCCC(OC(=O)Oc1ccc([N+](=O)[O-])cc1)C(=O)C(C)C. The first kappa shape index (κ1) is 17.6. The molecule has 0 aliphatic heterocycles. The van der Waals surface area contributed by atoms with Gasteiger partial charge in [-0.15, -0.1) is 0 Å². The molecule has 0 amide bonds. The lowest BCUT2D eigenvalue weighted by molar-refractivity contribution is -0.384. The Labute approximate surface area is 128 Å². The van der Waals surface area contributed by atoms with Gasteiger partial charge in [-0.2, -0.15) is 0 Å². The minimum absolute atomic E-state index is 0.112. The maximum Gasteiger partial charge on any atom is 0.514 e. The smallest absolute Gasteiger partial charge is 0.423 e. The summed E-state index contributed by atoms with van der Waals surface area (Å²) in [5, 5.41) is 10.5. The highest BCUT2D eigenvalue weighted by Crippen LogP contribution is 2.18. The van der Waals surface area contributed by atoms with Gasteiger partial charge in [0.25, 0.3) is 5.69 Å². The van der Waals surface area contributed by atoms with E-state index in [-0.39, 0.29) is 23.1 Å². The zero-order valence-electron chi connectivity index (χ0n) is 12.8. The van der Waals surface area contributed by atoms with Crippen LogP contribution in [0, 0.1) is 16.0 Å². The van der Waals surface area contributed by atoms with Crippen LogP contribution in [0.4, 0.5) is 10.5 Å². The number of ether oxygens (including phenoxy) is 2. The molecule has 0 saturated carbocycles. The van der Waals surface area contributed by atoms with Gasteiger partial charge in [0.15, 0.2) is 11.9 Å². The molecule has 0 aromatic heterocycles. The van der Waals surface area contributed by atoms with Crippen molar-refractivity contribution in [3.63, 3.8) is 0 Å². The molecule has 0 spiro atoms. The van der Waals surface area contributed by atoms with E-state index in [1.165, 1.54) is 24.3 Å². The largest absolute Gasteiger partial charge is 0.514 e. The Morgan fingerprint density at radius 3 is 2.27 bits per heavy atom. The van der Waals surface area contributed by atoms with Crippen LogP contribution >= 0.6 is 0 Å². The monoisotopic (exact) mass is 309 g/mol. The Bertz CT molecular complexity index is 537. The number of Topliss-reactive ketones (excluding diaryl/α,β-unsaturated/α-hetero) is 1. The topological polar surface area (TPSA) is 95.7 Å². The first-order valence-electron chi connectivity index (χ1n) is 7.01. The van der Waals surface area contributed by atoms with Gasteiger partial charge in [-0.25, -0.2) is 4.79 Å². The van der Waals surface area contributed by atoms with Crippen molar-refractivity contribution in [1.29, 1.82) is 0 Å². The van der Waals surface area contributed by atoms with Crippen LogP contribution < -0.4 is 4.74 Å². The predicted octanol–water partition coefficient (Wildman–Crippen LogP) is 3.50. The minimum Gasteiger partial charge on any atom is -0.423 e. The van der Waals surface area contributed by atoms with Crippen LogP contribution in [0.25, 0.3) is 0 Å². The first-order chi connectivity index (χ1) is 10.3. The van der Waals surface area contributed by atoms with E-state index in [4.69, 9.17) is 9.47 Å². The Hall–Kier alpha value is -2.44. The van der Waals surface area contributed by atoms with Crippen LogP contribution in [0.2, 0.25) is 0 Å². The van der Waals surface area contributed by atoms with Crippen molar-refractivity contribution >= 4 is 17.6 Å². The van der Waals surface area contributed by atoms with Crippen LogP contribution in [0.5, 0.6) is 5.75 Å². The third-order valence-electron chi connectivity index (χ3n) is 2.92. The maximum atomic E-state index is 11.9. The van der Waals surface area contributed by atoms with Crippen molar-refractivity contribution in [3.8, 4) is 5.75 Å². The summed E-state index contributed by atoms with van der Waals surface area (Å²) in [6.45, 7) is 5.34. The van der Waals surface area contributed by atoms with Crippen LogP contribution in [-0.4, -0.2) is 23.0 Å². The number of hydrogen-bond acceptors (Lipinski definition) is 6. The second-order valence-corrected chi connectivity index (χ2v) is 5.06. The van der Waals surface area contributed by atoms with Gasteiger partial charge in [0.05, 0.1) is 4.92 Å². The number of benzene rings is 1. The Kier molecular flexibility index (Phi) is 6.49. The van der Waals surface area contributed by atoms with E-state index < -0.39 is 17.2 Å². The predicted molar refractivity (Wildman–Crippen MR) is 78.7 cm³/mol. The van der Waals surface area contributed by atoms with E-state index >= 15 is 0 Å². The first-order valence-corrected chi connectivity index (χ1v) is 7.01. The summed E-state index contributed by atoms with van der Waals surface area (Å²) in [7, 11) is 0. The fraction of sp³-hybridized carbons (Fsp3) is 0.467. The average molecular weight is 309 g/mol. The van der Waals surface area contributed by atoms with Crippen LogP contribution in [0.1, 0.15) is 33.6 Å². The van der Waals surface area contributed by atoms with Gasteiger partial charge in [-0.1, -0.05) is 27.2 Å². The molecule has 0 radical (unpaired) electrons. The summed E-state index contributed by atoms with van der Waals surface area (Å²) < 4.78 is 9.97. The fourth-order valence-corrected chi connectivity index (χ4v) is 1.77. The lowest BCUT2D eigenvalue weighted by atomic mass is 10.0. The number of rotatable bonds is 7. The number of carbonyl (C=O) groups excluding carboxylic acids is 2. The second kappa shape index (κ2) is 8.11. The van der Waals surface area contributed by atoms with Crippen molar-refractivity contribution in [2.24, 2.45) is 5.92 Å². The van der Waals surface area contributed by atoms with E-state index in [2.05, 4.69) is 0 Å².